The Morgan fingerprint density at radius 1 is 1.00 bits per heavy atom. The average molecular weight is 482 g/mol. The zero-order chi connectivity index (χ0) is 23.0. The topological polar surface area (TPSA) is 80.8 Å². The van der Waals surface area contributed by atoms with E-state index in [-0.39, 0.29) is 11.5 Å². The second-order valence-electron chi connectivity index (χ2n) is 8.35. The highest BCUT2D eigenvalue weighted by Gasteiger charge is 2.36. The molecule has 3 aromatic rings. The minimum atomic E-state index is -3.18. The molecule has 170 valence electrons. The quantitative estimate of drug-likeness (QED) is 0.517. The first kappa shape index (κ1) is 21.9. The van der Waals surface area contributed by atoms with E-state index in [1.807, 2.05) is 24.3 Å². The third-order valence-electron chi connectivity index (χ3n) is 6.14. The Labute approximate surface area is 196 Å². The van der Waals surface area contributed by atoms with Gasteiger partial charge in [0.05, 0.1) is 17.5 Å². The van der Waals surface area contributed by atoms with Gasteiger partial charge in [-0.15, -0.1) is 11.3 Å². The predicted molar refractivity (Wildman–Crippen MR) is 128 cm³/mol. The molecule has 1 atom stereocenters. The molecule has 1 aromatic heterocycles. The van der Waals surface area contributed by atoms with Crippen LogP contribution in [0.25, 0.3) is 10.4 Å². The van der Waals surface area contributed by atoms with Crippen LogP contribution in [-0.4, -0.2) is 44.4 Å². The molecule has 2 heterocycles. The molecule has 0 spiro atoms. The lowest BCUT2D eigenvalue weighted by atomic mass is 9.91. The van der Waals surface area contributed by atoms with Gasteiger partial charge in [0.25, 0.3) is 5.91 Å². The van der Waals surface area contributed by atoms with Gasteiger partial charge in [0.2, 0.25) is 0 Å². The Morgan fingerprint density at radius 3 is 2.48 bits per heavy atom. The van der Waals surface area contributed by atoms with Crippen molar-refractivity contribution < 1.29 is 22.7 Å². The van der Waals surface area contributed by atoms with Gasteiger partial charge < -0.3 is 9.64 Å². The van der Waals surface area contributed by atoms with Gasteiger partial charge in [-0.2, -0.15) is 0 Å². The molecule has 1 saturated heterocycles. The molecular weight excluding hydrogens is 458 g/mol. The zero-order valence-corrected chi connectivity index (χ0v) is 19.5. The Balaban J connectivity index is 1.32. The van der Waals surface area contributed by atoms with E-state index in [1.54, 1.807) is 24.3 Å². The summed E-state index contributed by atoms with van der Waals surface area (Å²) in [6, 6.07) is 18.5. The molecule has 0 N–H and O–H groups in total. The van der Waals surface area contributed by atoms with Crippen molar-refractivity contribution in [2.75, 3.05) is 23.0 Å². The number of sulfone groups is 1. The van der Waals surface area contributed by atoms with E-state index >= 15 is 0 Å². The molecule has 6 nitrogen and oxygen atoms in total. The van der Waals surface area contributed by atoms with Crippen molar-refractivity contribution in [1.29, 1.82) is 0 Å². The van der Waals surface area contributed by atoms with Crippen molar-refractivity contribution in [3.63, 3.8) is 0 Å². The van der Waals surface area contributed by atoms with Crippen LogP contribution in [0.1, 0.15) is 27.2 Å². The SMILES string of the molecule is O=C(OCC(=O)N(c1ccccc1)C1CCS(=O)(=O)C1)c1cc2c(s1)-c1ccccc1CC2. The highest BCUT2D eigenvalue weighted by molar-refractivity contribution is 7.91. The number of anilines is 1. The van der Waals surface area contributed by atoms with Crippen LogP contribution in [-0.2, 0) is 32.2 Å². The number of carbonyl (C=O) groups excluding carboxylic acids is 2. The summed E-state index contributed by atoms with van der Waals surface area (Å²) >= 11 is 1.39. The molecule has 1 aliphatic heterocycles. The van der Waals surface area contributed by atoms with Crippen molar-refractivity contribution in [1.82, 2.24) is 0 Å². The lowest BCUT2D eigenvalue weighted by molar-refractivity contribution is -0.122. The van der Waals surface area contributed by atoms with Gasteiger partial charge in [-0.25, -0.2) is 13.2 Å². The van der Waals surface area contributed by atoms with E-state index in [0.717, 1.165) is 28.8 Å². The van der Waals surface area contributed by atoms with E-state index in [2.05, 4.69) is 12.1 Å². The van der Waals surface area contributed by atoms with Crippen molar-refractivity contribution in [3.05, 3.63) is 76.7 Å². The number of fused-ring (bicyclic) bond motifs is 3. The summed E-state index contributed by atoms with van der Waals surface area (Å²) in [7, 11) is -3.18. The molecule has 1 unspecified atom stereocenters. The average Bonchev–Trinajstić information content (AvgIpc) is 3.41. The molecule has 1 aliphatic carbocycles. The number of amides is 1. The summed E-state index contributed by atoms with van der Waals surface area (Å²) in [6.07, 6.45) is 2.17. The highest BCUT2D eigenvalue weighted by atomic mass is 32.2. The van der Waals surface area contributed by atoms with Crippen LogP contribution in [0.15, 0.2) is 60.7 Å². The number of ether oxygens (including phenoxy) is 1. The van der Waals surface area contributed by atoms with Crippen LogP contribution in [0.5, 0.6) is 0 Å². The minimum absolute atomic E-state index is 0.0519. The number of para-hydroxylation sites is 1. The minimum Gasteiger partial charge on any atom is -0.451 e. The Hall–Kier alpha value is -2.97. The summed E-state index contributed by atoms with van der Waals surface area (Å²) in [5.41, 5.74) is 4.14. The Bertz CT molecular complexity index is 1310. The lowest BCUT2D eigenvalue weighted by Crippen LogP contribution is -2.43. The van der Waals surface area contributed by atoms with Crippen molar-refractivity contribution in [2.24, 2.45) is 0 Å². The first-order valence-electron chi connectivity index (χ1n) is 10.9. The standard InChI is InChI=1S/C25H23NO5S2/c27-23(26(19-7-2-1-3-8-19)20-12-13-33(29,30)16-20)15-31-25(28)22-14-18-11-10-17-6-4-5-9-21(17)24(18)32-22/h1-9,14,20H,10-13,15-16H2. The number of thiophene rings is 1. The van der Waals surface area contributed by atoms with Crippen LogP contribution in [0.2, 0.25) is 0 Å². The number of rotatable bonds is 5. The summed E-state index contributed by atoms with van der Waals surface area (Å²) in [6.45, 7) is -0.441. The third-order valence-corrected chi connectivity index (χ3v) is 9.08. The van der Waals surface area contributed by atoms with Gasteiger partial charge in [0, 0.05) is 10.6 Å². The second-order valence-corrected chi connectivity index (χ2v) is 11.6. The van der Waals surface area contributed by atoms with Gasteiger partial charge in [-0.3, -0.25) is 4.79 Å². The maximum Gasteiger partial charge on any atom is 0.348 e. The molecule has 2 aromatic carbocycles. The van der Waals surface area contributed by atoms with E-state index in [9.17, 15) is 18.0 Å². The van der Waals surface area contributed by atoms with Crippen molar-refractivity contribution >= 4 is 38.7 Å². The summed E-state index contributed by atoms with van der Waals surface area (Å²) in [4.78, 5) is 28.9. The monoisotopic (exact) mass is 481 g/mol. The van der Waals surface area contributed by atoms with Crippen molar-refractivity contribution in [2.45, 2.75) is 25.3 Å². The Morgan fingerprint density at radius 2 is 1.73 bits per heavy atom. The van der Waals surface area contributed by atoms with Gasteiger partial charge >= 0.3 is 5.97 Å². The molecule has 0 radical (unpaired) electrons. The second kappa shape index (κ2) is 8.76. The lowest BCUT2D eigenvalue weighted by Gasteiger charge is -2.28. The van der Waals surface area contributed by atoms with E-state index in [0.29, 0.717) is 17.0 Å². The smallest absolute Gasteiger partial charge is 0.348 e. The molecule has 5 rings (SSSR count). The van der Waals surface area contributed by atoms with Gasteiger partial charge in [0.1, 0.15) is 4.88 Å². The van der Waals surface area contributed by atoms with Gasteiger partial charge in [0.15, 0.2) is 16.4 Å². The maximum atomic E-state index is 13.1. The number of esters is 1. The molecule has 33 heavy (non-hydrogen) atoms. The summed E-state index contributed by atoms with van der Waals surface area (Å²) in [5, 5.41) is 0. The van der Waals surface area contributed by atoms with Gasteiger partial charge in [-0.1, -0.05) is 42.5 Å². The van der Waals surface area contributed by atoms with Crippen LogP contribution in [0.3, 0.4) is 0 Å². The zero-order valence-electron chi connectivity index (χ0n) is 17.9. The van der Waals surface area contributed by atoms with Crippen LogP contribution < -0.4 is 4.90 Å². The molecule has 1 fully saturated rings. The molecule has 8 heteroatoms. The Kier molecular flexibility index (Phi) is 5.80. The first-order valence-corrected chi connectivity index (χ1v) is 13.5. The molecule has 1 amide bonds. The largest absolute Gasteiger partial charge is 0.451 e. The number of hydrogen-bond acceptors (Lipinski definition) is 6. The van der Waals surface area contributed by atoms with E-state index in [4.69, 9.17) is 4.74 Å². The number of hydrogen-bond donors (Lipinski definition) is 0. The predicted octanol–water partition coefficient (Wildman–Crippen LogP) is 3.89. The third kappa shape index (κ3) is 4.45. The van der Waals surface area contributed by atoms with E-state index in [1.165, 1.54) is 21.8 Å². The summed E-state index contributed by atoms with van der Waals surface area (Å²) in [5.74, 6) is -0.995. The number of aryl methyl sites for hydroxylation is 2. The molecule has 0 bridgehead atoms. The van der Waals surface area contributed by atoms with Gasteiger partial charge in [-0.05, 0) is 54.2 Å². The van der Waals surface area contributed by atoms with E-state index < -0.39 is 34.4 Å². The number of nitrogens with zero attached hydrogens (tertiary/aromatic N) is 1. The number of benzene rings is 2. The normalized spacial score (nSPS) is 18.2. The van der Waals surface area contributed by atoms with Crippen LogP contribution >= 0.6 is 11.3 Å². The van der Waals surface area contributed by atoms with Crippen molar-refractivity contribution in [3.8, 4) is 10.4 Å². The summed E-state index contributed by atoms with van der Waals surface area (Å²) < 4.78 is 29.4. The first-order chi connectivity index (χ1) is 15.9. The number of carbonyl (C=O) groups is 2. The fourth-order valence-corrected chi connectivity index (χ4v) is 7.43. The highest BCUT2D eigenvalue weighted by Crippen LogP contribution is 2.39. The fourth-order valence-electron chi connectivity index (χ4n) is 4.57. The molecular formula is C25H23NO5S2. The molecule has 0 saturated carbocycles. The van der Waals surface area contributed by atoms with Crippen LogP contribution in [0, 0.1) is 0 Å². The fraction of sp³-hybridized carbons (Fsp3) is 0.280. The van der Waals surface area contributed by atoms with Crippen LogP contribution in [0.4, 0.5) is 5.69 Å². The molecule has 2 aliphatic rings. The maximum absolute atomic E-state index is 13.1.